The molecule has 1 fully saturated rings. The van der Waals surface area contributed by atoms with Crippen molar-refractivity contribution >= 4 is 23.3 Å². The van der Waals surface area contributed by atoms with Crippen molar-refractivity contribution in [1.82, 2.24) is 0 Å². The summed E-state index contributed by atoms with van der Waals surface area (Å²) in [7, 11) is 0. The molecule has 1 aromatic rings. The summed E-state index contributed by atoms with van der Waals surface area (Å²) < 4.78 is 0. The van der Waals surface area contributed by atoms with Crippen LogP contribution in [0.4, 0.5) is 5.69 Å². The quantitative estimate of drug-likeness (QED) is 0.855. The van der Waals surface area contributed by atoms with E-state index in [4.69, 9.17) is 16.7 Å². The Hall–Kier alpha value is -1.22. The fourth-order valence-corrected chi connectivity index (χ4v) is 2.34. The van der Waals surface area contributed by atoms with Crippen molar-refractivity contribution in [2.45, 2.75) is 26.2 Å². The summed E-state index contributed by atoms with van der Waals surface area (Å²) in [5, 5.41) is 9.27. The Morgan fingerprint density at radius 1 is 1.50 bits per heavy atom. The van der Waals surface area contributed by atoms with E-state index in [-0.39, 0.29) is 5.56 Å². The van der Waals surface area contributed by atoms with Gasteiger partial charge in [0, 0.05) is 18.8 Å². The molecule has 4 heteroatoms. The number of carboxylic acids is 1. The van der Waals surface area contributed by atoms with Gasteiger partial charge in [-0.25, -0.2) is 4.79 Å². The van der Waals surface area contributed by atoms with Crippen molar-refractivity contribution < 1.29 is 9.90 Å². The second-order valence-corrected chi connectivity index (χ2v) is 5.27. The molecule has 98 valence electrons. The zero-order valence-electron chi connectivity index (χ0n) is 10.5. The number of hydrogen-bond acceptors (Lipinski definition) is 2. The van der Waals surface area contributed by atoms with Crippen molar-refractivity contribution in [2.24, 2.45) is 5.92 Å². The number of carboxylic acid groups (broad SMARTS) is 1. The standard InChI is InChI=1S/C14H18ClNO2/c1-2-7-16(9-10-3-4-10)11-5-6-12(14(17)18)13(15)8-11/h5-6,8,10H,2-4,7,9H2,1H3,(H,17,18). The first-order valence-corrected chi connectivity index (χ1v) is 6.77. The van der Waals surface area contributed by atoms with E-state index in [1.807, 2.05) is 6.07 Å². The van der Waals surface area contributed by atoms with Gasteiger partial charge in [0.05, 0.1) is 10.6 Å². The number of rotatable bonds is 6. The highest BCUT2D eigenvalue weighted by Gasteiger charge is 2.24. The number of nitrogens with zero attached hydrogens (tertiary/aromatic N) is 1. The lowest BCUT2D eigenvalue weighted by Crippen LogP contribution is -2.26. The van der Waals surface area contributed by atoms with E-state index in [1.54, 1.807) is 12.1 Å². The molecule has 0 aromatic heterocycles. The second kappa shape index (κ2) is 5.61. The first kappa shape index (κ1) is 13.2. The van der Waals surface area contributed by atoms with E-state index in [0.29, 0.717) is 5.02 Å². The maximum Gasteiger partial charge on any atom is 0.337 e. The topological polar surface area (TPSA) is 40.5 Å². The van der Waals surface area contributed by atoms with Crippen LogP contribution < -0.4 is 4.90 Å². The van der Waals surface area contributed by atoms with Crippen molar-refractivity contribution in [3.05, 3.63) is 28.8 Å². The minimum atomic E-state index is -0.976. The maximum atomic E-state index is 10.9. The summed E-state index contributed by atoms with van der Waals surface area (Å²) >= 11 is 6.01. The number of benzene rings is 1. The van der Waals surface area contributed by atoms with Gasteiger partial charge >= 0.3 is 5.97 Å². The van der Waals surface area contributed by atoms with Crippen molar-refractivity contribution in [3.63, 3.8) is 0 Å². The van der Waals surface area contributed by atoms with Crippen LogP contribution in [0.3, 0.4) is 0 Å². The molecule has 0 aliphatic heterocycles. The minimum Gasteiger partial charge on any atom is -0.478 e. The molecule has 0 heterocycles. The molecule has 1 saturated carbocycles. The molecule has 1 aliphatic rings. The average molecular weight is 268 g/mol. The molecule has 1 aliphatic carbocycles. The molecule has 0 amide bonds. The largest absolute Gasteiger partial charge is 0.478 e. The van der Waals surface area contributed by atoms with Crippen molar-refractivity contribution in [1.29, 1.82) is 0 Å². The Bertz CT molecular complexity index is 443. The first-order chi connectivity index (χ1) is 8.61. The molecule has 1 aromatic carbocycles. The molecule has 1 N–H and O–H groups in total. The highest BCUT2D eigenvalue weighted by atomic mass is 35.5. The Kier molecular flexibility index (Phi) is 4.12. The Morgan fingerprint density at radius 2 is 2.22 bits per heavy atom. The maximum absolute atomic E-state index is 10.9. The number of hydrogen-bond donors (Lipinski definition) is 1. The minimum absolute atomic E-state index is 0.170. The Balaban J connectivity index is 2.18. The average Bonchev–Trinajstić information content (AvgIpc) is 3.11. The summed E-state index contributed by atoms with van der Waals surface area (Å²) in [6.07, 6.45) is 3.69. The van der Waals surface area contributed by atoms with E-state index in [0.717, 1.165) is 31.1 Å². The molecular formula is C14H18ClNO2. The Labute approximate surface area is 112 Å². The molecule has 0 radical (unpaired) electrons. The molecule has 0 spiro atoms. The SMILES string of the molecule is CCCN(CC1CC1)c1ccc(C(=O)O)c(Cl)c1. The third-order valence-corrected chi connectivity index (χ3v) is 3.53. The lowest BCUT2D eigenvalue weighted by Gasteiger charge is -2.24. The van der Waals surface area contributed by atoms with Gasteiger partial charge in [0.15, 0.2) is 0 Å². The van der Waals surface area contributed by atoms with Gasteiger partial charge in [-0.1, -0.05) is 18.5 Å². The van der Waals surface area contributed by atoms with E-state index in [9.17, 15) is 4.79 Å². The number of halogens is 1. The van der Waals surface area contributed by atoms with E-state index in [1.165, 1.54) is 12.8 Å². The van der Waals surface area contributed by atoms with Crippen LogP contribution in [0, 0.1) is 5.92 Å². The van der Waals surface area contributed by atoms with Crippen LogP contribution in [0.15, 0.2) is 18.2 Å². The molecule has 18 heavy (non-hydrogen) atoms. The molecule has 0 unspecified atom stereocenters. The monoisotopic (exact) mass is 267 g/mol. The highest BCUT2D eigenvalue weighted by molar-refractivity contribution is 6.33. The van der Waals surface area contributed by atoms with Crippen LogP contribution in [0.2, 0.25) is 5.02 Å². The van der Waals surface area contributed by atoms with Crippen LogP contribution in [0.25, 0.3) is 0 Å². The number of carbonyl (C=O) groups is 1. The van der Waals surface area contributed by atoms with Gasteiger partial charge < -0.3 is 10.0 Å². The third kappa shape index (κ3) is 3.16. The molecule has 0 saturated heterocycles. The van der Waals surface area contributed by atoms with Gasteiger partial charge in [0.2, 0.25) is 0 Å². The van der Waals surface area contributed by atoms with E-state index < -0.39 is 5.97 Å². The first-order valence-electron chi connectivity index (χ1n) is 6.39. The molecular weight excluding hydrogens is 250 g/mol. The third-order valence-electron chi connectivity index (χ3n) is 3.22. The second-order valence-electron chi connectivity index (χ2n) is 4.86. The summed E-state index contributed by atoms with van der Waals surface area (Å²) in [5.41, 5.74) is 1.20. The molecule has 0 bridgehead atoms. The summed E-state index contributed by atoms with van der Waals surface area (Å²) in [4.78, 5) is 13.2. The van der Waals surface area contributed by atoms with Gasteiger partial charge in [0.25, 0.3) is 0 Å². The van der Waals surface area contributed by atoms with Gasteiger partial charge in [-0.15, -0.1) is 0 Å². The van der Waals surface area contributed by atoms with E-state index in [2.05, 4.69) is 11.8 Å². The van der Waals surface area contributed by atoms with Gasteiger partial charge in [-0.05, 0) is 43.4 Å². The number of anilines is 1. The van der Waals surface area contributed by atoms with Crippen LogP contribution in [-0.2, 0) is 0 Å². The van der Waals surface area contributed by atoms with Gasteiger partial charge in [-0.3, -0.25) is 0 Å². The lowest BCUT2D eigenvalue weighted by molar-refractivity contribution is 0.0697. The van der Waals surface area contributed by atoms with Crippen LogP contribution in [-0.4, -0.2) is 24.2 Å². The van der Waals surface area contributed by atoms with Crippen molar-refractivity contribution in [2.75, 3.05) is 18.0 Å². The van der Waals surface area contributed by atoms with Gasteiger partial charge in [-0.2, -0.15) is 0 Å². The summed E-state index contributed by atoms with van der Waals surface area (Å²) in [5.74, 6) is -0.176. The predicted molar refractivity (Wildman–Crippen MR) is 73.6 cm³/mol. The van der Waals surface area contributed by atoms with Crippen LogP contribution >= 0.6 is 11.6 Å². The molecule has 3 nitrogen and oxygen atoms in total. The highest BCUT2D eigenvalue weighted by Crippen LogP contribution is 2.32. The normalized spacial score (nSPS) is 14.6. The smallest absolute Gasteiger partial charge is 0.337 e. The molecule has 2 rings (SSSR count). The fourth-order valence-electron chi connectivity index (χ4n) is 2.08. The van der Waals surface area contributed by atoms with Gasteiger partial charge in [0.1, 0.15) is 0 Å². The summed E-state index contributed by atoms with van der Waals surface area (Å²) in [6.45, 7) is 4.18. The van der Waals surface area contributed by atoms with Crippen molar-refractivity contribution in [3.8, 4) is 0 Å². The molecule has 0 atom stereocenters. The number of aromatic carboxylic acids is 1. The van der Waals surface area contributed by atoms with Crippen LogP contribution in [0.5, 0.6) is 0 Å². The fraction of sp³-hybridized carbons (Fsp3) is 0.500. The zero-order valence-corrected chi connectivity index (χ0v) is 11.3. The van der Waals surface area contributed by atoms with E-state index >= 15 is 0 Å². The zero-order chi connectivity index (χ0) is 13.1. The summed E-state index contributed by atoms with van der Waals surface area (Å²) in [6, 6.07) is 5.21. The lowest BCUT2D eigenvalue weighted by atomic mass is 10.2. The Morgan fingerprint density at radius 3 is 2.72 bits per heavy atom. The van der Waals surface area contributed by atoms with Crippen LogP contribution in [0.1, 0.15) is 36.5 Å². The predicted octanol–water partition coefficient (Wildman–Crippen LogP) is 3.66.